The van der Waals surface area contributed by atoms with Crippen LogP contribution in [-0.2, 0) is 15.8 Å². The van der Waals surface area contributed by atoms with E-state index < -0.39 is 29.6 Å². The number of carbonyl (C=O) groups excluding carboxylic acids is 2. The molecule has 0 unspecified atom stereocenters. The molecule has 0 spiro atoms. The summed E-state index contributed by atoms with van der Waals surface area (Å²) in [5.74, 6) is -1.11. The lowest BCUT2D eigenvalue weighted by atomic mass is 10.1. The minimum Gasteiger partial charge on any atom is -0.325 e. The highest BCUT2D eigenvalue weighted by Crippen LogP contribution is 2.34. The van der Waals surface area contributed by atoms with Crippen molar-refractivity contribution in [1.29, 1.82) is 5.26 Å². The van der Waals surface area contributed by atoms with Crippen molar-refractivity contribution >= 4 is 23.2 Å². The molecule has 0 saturated heterocycles. The van der Waals surface area contributed by atoms with Gasteiger partial charge in [0.05, 0.1) is 35.5 Å². The third-order valence-corrected chi connectivity index (χ3v) is 4.20. The van der Waals surface area contributed by atoms with E-state index in [-0.39, 0.29) is 12.2 Å². The third kappa shape index (κ3) is 6.05. The van der Waals surface area contributed by atoms with Crippen LogP contribution >= 0.6 is 0 Å². The van der Waals surface area contributed by atoms with Gasteiger partial charge in [0, 0.05) is 5.69 Å². The number of halogens is 3. The minimum atomic E-state index is -4.60. The number of anilines is 2. The number of nitriles is 1. The Kier molecular flexibility index (Phi) is 6.96. The second-order valence-electron chi connectivity index (χ2n) is 6.36. The van der Waals surface area contributed by atoms with E-state index in [1.807, 2.05) is 6.07 Å². The first-order chi connectivity index (χ1) is 13.6. The van der Waals surface area contributed by atoms with Crippen LogP contribution in [0.1, 0.15) is 18.1 Å². The van der Waals surface area contributed by atoms with E-state index in [1.54, 1.807) is 25.1 Å². The highest BCUT2D eigenvalue weighted by atomic mass is 19.4. The largest absolute Gasteiger partial charge is 0.418 e. The molecule has 152 valence electrons. The number of benzene rings is 2. The number of hydrogen-bond acceptors (Lipinski definition) is 4. The molecule has 0 fully saturated rings. The third-order valence-electron chi connectivity index (χ3n) is 4.20. The fraction of sp³-hybridized carbons (Fsp3) is 0.250. The molecule has 2 rings (SSSR count). The van der Waals surface area contributed by atoms with Crippen LogP contribution in [0.3, 0.4) is 0 Å². The molecule has 0 aromatic heterocycles. The van der Waals surface area contributed by atoms with Gasteiger partial charge in [0.1, 0.15) is 0 Å². The van der Waals surface area contributed by atoms with Crippen LogP contribution in [0.2, 0.25) is 0 Å². The molecule has 2 aromatic carbocycles. The summed E-state index contributed by atoms with van der Waals surface area (Å²) in [5.41, 5.74) is -0.479. The maximum absolute atomic E-state index is 13.0. The van der Waals surface area contributed by atoms with Crippen LogP contribution in [0.15, 0.2) is 48.5 Å². The maximum Gasteiger partial charge on any atom is 0.418 e. The number of rotatable bonds is 6. The topological polar surface area (TPSA) is 85.2 Å². The summed E-state index contributed by atoms with van der Waals surface area (Å²) in [6.07, 6.45) is -4.60. The van der Waals surface area contributed by atoms with Crippen LogP contribution < -0.4 is 10.6 Å². The number of hydrogen-bond donors (Lipinski definition) is 2. The summed E-state index contributed by atoms with van der Waals surface area (Å²) in [7, 11) is 1.51. The van der Waals surface area contributed by atoms with Gasteiger partial charge >= 0.3 is 6.18 Å². The first-order valence-electron chi connectivity index (χ1n) is 8.59. The normalized spacial score (nSPS) is 12.2. The number of alkyl halides is 3. The average molecular weight is 404 g/mol. The van der Waals surface area contributed by atoms with Crippen molar-refractivity contribution in [3.63, 3.8) is 0 Å². The molecule has 0 bridgehead atoms. The fourth-order valence-electron chi connectivity index (χ4n) is 2.51. The highest BCUT2D eigenvalue weighted by molar-refractivity contribution is 5.96. The monoisotopic (exact) mass is 404 g/mol. The maximum atomic E-state index is 13.0. The number of para-hydroxylation sites is 1. The van der Waals surface area contributed by atoms with Gasteiger partial charge in [0.15, 0.2) is 0 Å². The van der Waals surface area contributed by atoms with Gasteiger partial charge in [-0.2, -0.15) is 18.4 Å². The molecule has 0 aliphatic heterocycles. The summed E-state index contributed by atoms with van der Waals surface area (Å²) >= 11 is 0. The minimum absolute atomic E-state index is 0.293. The molecule has 9 heteroatoms. The molecular weight excluding hydrogens is 385 g/mol. The number of carbonyl (C=O) groups is 2. The Morgan fingerprint density at radius 2 is 1.83 bits per heavy atom. The molecule has 2 N–H and O–H groups in total. The molecule has 0 heterocycles. The van der Waals surface area contributed by atoms with Gasteiger partial charge in [-0.05, 0) is 44.3 Å². The number of likely N-dealkylation sites (N-methyl/N-ethyl adjacent to an activating group) is 1. The number of amides is 2. The first-order valence-corrected chi connectivity index (χ1v) is 8.59. The van der Waals surface area contributed by atoms with Gasteiger partial charge in [0.25, 0.3) is 0 Å². The molecule has 6 nitrogen and oxygen atoms in total. The van der Waals surface area contributed by atoms with Crippen LogP contribution in [0.4, 0.5) is 24.5 Å². The predicted octanol–water partition coefficient (Wildman–Crippen LogP) is 3.47. The molecular formula is C20H19F3N4O2. The molecule has 0 aliphatic rings. The Morgan fingerprint density at radius 3 is 2.48 bits per heavy atom. The van der Waals surface area contributed by atoms with Crippen LogP contribution in [0.25, 0.3) is 0 Å². The first kappa shape index (κ1) is 21.9. The average Bonchev–Trinajstić information content (AvgIpc) is 2.66. The Labute approximate surface area is 165 Å². The van der Waals surface area contributed by atoms with E-state index in [0.29, 0.717) is 11.3 Å². The molecule has 0 saturated carbocycles. The summed E-state index contributed by atoms with van der Waals surface area (Å²) in [6.45, 7) is 1.26. The highest BCUT2D eigenvalue weighted by Gasteiger charge is 2.33. The Balaban J connectivity index is 1.98. The Morgan fingerprint density at radius 1 is 1.14 bits per heavy atom. The molecule has 1 atom stereocenters. The van der Waals surface area contributed by atoms with Gasteiger partial charge in [-0.15, -0.1) is 0 Å². The zero-order chi connectivity index (χ0) is 21.6. The summed E-state index contributed by atoms with van der Waals surface area (Å²) in [5, 5.41) is 13.8. The van der Waals surface area contributed by atoms with E-state index in [0.717, 1.165) is 6.07 Å². The molecule has 0 radical (unpaired) electrons. The van der Waals surface area contributed by atoms with Crippen molar-refractivity contribution in [2.45, 2.75) is 19.1 Å². The summed E-state index contributed by atoms with van der Waals surface area (Å²) in [4.78, 5) is 25.9. The summed E-state index contributed by atoms with van der Waals surface area (Å²) < 4.78 is 39.1. The fourth-order valence-corrected chi connectivity index (χ4v) is 2.51. The lowest BCUT2D eigenvalue weighted by Gasteiger charge is -2.23. The number of nitrogens with one attached hydrogen (secondary N) is 2. The second kappa shape index (κ2) is 9.21. The van der Waals surface area contributed by atoms with Crippen molar-refractivity contribution in [2.75, 3.05) is 24.2 Å². The lowest BCUT2D eigenvalue weighted by Crippen LogP contribution is -2.43. The Hall–Kier alpha value is -3.38. The van der Waals surface area contributed by atoms with Crippen molar-refractivity contribution < 1.29 is 22.8 Å². The summed E-state index contributed by atoms with van der Waals surface area (Å²) in [6, 6.07) is 12.2. The van der Waals surface area contributed by atoms with Gasteiger partial charge in [-0.1, -0.05) is 18.2 Å². The molecule has 29 heavy (non-hydrogen) atoms. The van der Waals surface area contributed by atoms with E-state index in [1.165, 1.54) is 36.2 Å². The van der Waals surface area contributed by atoms with Crippen molar-refractivity contribution in [3.8, 4) is 6.07 Å². The standard InChI is InChI=1S/C20H19F3N4O2/c1-13(19(29)25-15-7-5-6-14(10-15)11-24)27(2)12-18(28)26-17-9-4-3-8-16(17)20(21,22)23/h3-10,13H,12H2,1-2H3,(H,25,29)(H,26,28)/t13-/m0/s1. The molecule has 2 aromatic rings. The van der Waals surface area contributed by atoms with E-state index >= 15 is 0 Å². The van der Waals surface area contributed by atoms with E-state index in [2.05, 4.69) is 10.6 Å². The predicted molar refractivity (Wildman–Crippen MR) is 102 cm³/mol. The van der Waals surface area contributed by atoms with Crippen molar-refractivity contribution in [2.24, 2.45) is 0 Å². The molecule has 0 aliphatic carbocycles. The van der Waals surface area contributed by atoms with Gasteiger partial charge in [-0.3, -0.25) is 14.5 Å². The second-order valence-corrected chi connectivity index (χ2v) is 6.36. The lowest BCUT2D eigenvalue weighted by molar-refractivity contribution is -0.137. The number of nitrogens with zero attached hydrogens (tertiary/aromatic N) is 2. The smallest absolute Gasteiger partial charge is 0.325 e. The van der Waals surface area contributed by atoms with Gasteiger partial charge in [0.2, 0.25) is 11.8 Å². The quantitative estimate of drug-likeness (QED) is 0.772. The van der Waals surface area contributed by atoms with Crippen molar-refractivity contribution in [1.82, 2.24) is 4.90 Å². The van der Waals surface area contributed by atoms with Crippen LogP contribution in [-0.4, -0.2) is 36.3 Å². The van der Waals surface area contributed by atoms with Crippen LogP contribution in [0, 0.1) is 11.3 Å². The van der Waals surface area contributed by atoms with Gasteiger partial charge in [-0.25, -0.2) is 0 Å². The van der Waals surface area contributed by atoms with Gasteiger partial charge < -0.3 is 10.6 Å². The van der Waals surface area contributed by atoms with Crippen LogP contribution in [0.5, 0.6) is 0 Å². The zero-order valence-electron chi connectivity index (χ0n) is 15.7. The SMILES string of the molecule is C[C@@H](C(=O)Nc1cccc(C#N)c1)N(C)CC(=O)Nc1ccccc1C(F)(F)F. The zero-order valence-corrected chi connectivity index (χ0v) is 15.7. The molecule has 2 amide bonds. The Bertz CT molecular complexity index is 938. The van der Waals surface area contributed by atoms with E-state index in [9.17, 15) is 22.8 Å². The van der Waals surface area contributed by atoms with Crippen molar-refractivity contribution in [3.05, 3.63) is 59.7 Å². The van der Waals surface area contributed by atoms with E-state index in [4.69, 9.17) is 5.26 Å².